The summed E-state index contributed by atoms with van der Waals surface area (Å²) >= 11 is 1.07. The van der Waals surface area contributed by atoms with Crippen LogP contribution in [0, 0.1) is 0 Å². The quantitative estimate of drug-likeness (QED) is 0.412. The molecule has 3 aromatic heterocycles. The number of halogens is 3. The van der Waals surface area contributed by atoms with Crippen LogP contribution >= 0.6 is 11.5 Å². The highest BCUT2D eigenvalue weighted by Gasteiger charge is 2.47. The monoisotopic (exact) mass is 534 g/mol. The number of carbonyl (C=O) groups is 2. The van der Waals surface area contributed by atoms with Gasteiger partial charge in [-0.2, -0.15) is 14.6 Å². The van der Waals surface area contributed by atoms with Gasteiger partial charge in [0.15, 0.2) is 18.0 Å². The first-order valence-electron chi connectivity index (χ1n) is 11.0. The highest BCUT2D eigenvalue weighted by molar-refractivity contribution is 7.04. The highest BCUT2D eigenvalue weighted by Crippen LogP contribution is 2.32. The first-order valence-corrected chi connectivity index (χ1v) is 11.9. The molecular weight excluding hydrogens is 513 g/mol. The van der Waals surface area contributed by atoms with Crippen molar-refractivity contribution < 1.29 is 32.6 Å². The number of para-hydroxylation sites is 1. The molecule has 2 atom stereocenters. The van der Waals surface area contributed by atoms with Crippen LogP contribution in [0.5, 0.6) is 5.88 Å². The summed E-state index contributed by atoms with van der Waals surface area (Å²) in [6, 6.07) is 10.7. The summed E-state index contributed by atoms with van der Waals surface area (Å²) < 4.78 is 50.2. The third kappa shape index (κ3) is 6.02. The molecule has 0 bridgehead atoms. The van der Waals surface area contributed by atoms with Crippen molar-refractivity contribution in [1.82, 2.24) is 29.3 Å². The molecule has 14 heteroatoms. The molecule has 1 aliphatic rings. The maximum atomic E-state index is 14.6. The highest BCUT2D eigenvalue weighted by atomic mass is 32.1. The molecule has 2 unspecified atom stereocenters. The van der Waals surface area contributed by atoms with Crippen molar-refractivity contribution in [3.05, 3.63) is 59.9 Å². The Hall–Kier alpha value is -4.07. The summed E-state index contributed by atoms with van der Waals surface area (Å²) in [4.78, 5) is 29.3. The molecule has 5 rings (SSSR count). The number of alkyl halides is 3. The summed E-state index contributed by atoms with van der Waals surface area (Å²) in [6.45, 7) is 0.576. The molecule has 1 N–H and O–H groups in total. The molecular formula is C23H21F3N6O4S. The van der Waals surface area contributed by atoms with Crippen LogP contribution in [-0.4, -0.2) is 77.5 Å². The second-order valence-electron chi connectivity index (χ2n) is 8.03. The van der Waals surface area contributed by atoms with Gasteiger partial charge in [0.05, 0.1) is 24.5 Å². The number of aliphatic carboxylic acids is 1. The fourth-order valence-electron chi connectivity index (χ4n) is 3.45. The Morgan fingerprint density at radius 3 is 2.59 bits per heavy atom. The number of fused-ring (bicyclic) bond motifs is 1. The Bertz CT molecular complexity index is 1380. The summed E-state index contributed by atoms with van der Waals surface area (Å²) in [5, 5.41) is 18.2. The van der Waals surface area contributed by atoms with Crippen LogP contribution < -0.4 is 4.74 Å². The van der Waals surface area contributed by atoms with E-state index in [4.69, 9.17) is 9.84 Å². The number of piperidine rings is 1. The van der Waals surface area contributed by atoms with Crippen molar-refractivity contribution in [2.75, 3.05) is 13.1 Å². The first-order chi connectivity index (χ1) is 17.7. The molecule has 4 aromatic rings. The number of carbonyl (C=O) groups excluding carboxylic acids is 1. The van der Waals surface area contributed by atoms with Crippen LogP contribution in [0.4, 0.5) is 13.2 Å². The van der Waals surface area contributed by atoms with Crippen LogP contribution in [0.25, 0.3) is 16.6 Å². The number of rotatable bonds is 5. The van der Waals surface area contributed by atoms with E-state index < -0.39 is 36.5 Å². The second kappa shape index (κ2) is 10.9. The smallest absolute Gasteiger partial charge is 0.337 e. The lowest BCUT2D eigenvalue weighted by Crippen LogP contribution is -2.55. The Balaban J connectivity index is 0.000000480. The van der Waals surface area contributed by atoms with Gasteiger partial charge in [0.25, 0.3) is 11.8 Å². The van der Waals surface area contributed by atoms with Crippen LogP contribution in [0.2, 0.25) is 0 Å². The zero-order valence-corrected chi connectivity index (χ0v) is 20.2. The lowest BCUT2D eigenvalue weighted by Gasteiger charge is -2.37. The van der Waals surface area contributed by atoms with Crippen molar-refractivity contribution in [2.24, 2.45) is 0 Å². The SMILES string of the molecule is CC(F)C(=O)O.O=C(c1nscc1-n1nccn1)N1CCC(F)(F)C(Oc2ccc3ccccc3n2)C1. The Kier molecular flexibility index (Phi) is 7.66. The van der Waals surface area contributed by atoms with Gasteiger partial charge < -0.3 is 14.7 Å². The molecule has 0 radical (unpaired) electrons. The third-order valence-corrected chi connectivity index (χ3v) is 6.04. The van der Waals surface area contributed by atoms with E-state index in [1.165, 1.54) is 22.1 Å². The number of benzene rings is 1. The lowest BCUT2D eigenvalue weighted by atomic mass is 10.0. The van der Waals surface area contributed by atoms with Gasteiger partial charge in [0.1, 0.15) is 5.69 Å². The molecule has 1 fully saturated rings. The third-order valence-electron chi connectivity index (χ3n) is 5.42. The van der Waals surface area contributed by atoms with Crippen LogP contribution in [0.15, 0.2) is 54.2 Å². The fraction of sp³-hybridized carbons (Fsp3) is 0.304. The number of ether oxygens (including phenoxy) is 1. The number of nitrogens with zero attached hydrogens (tertiary/aromatic N) is 6. The summed E-state index contributed by atoms with van der Waals surface area (Å²) in [5.74, 6) is -4.88. The number of aromatic nitrogens is 5. The standard InChI is InChI=1S/C20H16F2N6O2S.C3H5FO2/c21-20(22)7-10-27(19(29)18-15(12-31-26-18)28-23-8-9-24-28)11-16(20)30-17-6-5-13-3-1-2-4-14(13)25-17;1-2(4)3(5)6/h1-6,8-9,12,16H,7,10-11H2;2H,1H3,(H,5,6). The van der Waals surface area contributed by atoms with E-state index >= 15 is 0 Å². The molecule has 1 aromatic carbocycles. The number of hydrogen-bond donors (Lipinski definition) is 1. The van der Waals surface area contributed by atoms with Gasteiger partial charge in [-0.05, 0) is 30.6 Å². The molecule has 1 amide bonds. The van der Waals surface area contributed by atoms with Crippen molar-refractivity contribution in [3.8, 4) is 11.6 Å². The minimum absolute atomic E-state index is 0.0905. The van der Waals surface area contributed by atoms with E-state index in [2.05, 4.69) is 19.6 Å². The molecule has 194 valence electrons. The van der Waals surface area contributed by atoms with E-state index in [1.54, 1.807) is 23.6 Å². The van der Waals surface area contributed by atoms with Crippen molar-refractivity contribution in [1.29, 1.82) is 0 Å². The summed E-state index contributed by atoms with van der Waals surface area (Å²) in [5.41, 5.74) is 1.17. The number of amides is 1. The van der Waals surface area contributed by atoms with Gasteiger partial charge in [0, 0.05) is 29.8 Å². The van der Waals surface area contributed by atoms with Crippen molar-refractivity contribution in [3.63, 3.8) is 0 Å². The minimum Gasteiger partial charge on any atom is -0.479 e. The summed E-state index contributed by atoms with van der Waals surface area (Å²) in [6.07, 6.45) is -0.813. The van der Waals surface area contributed by atoms with Gasteiger partial charge in [-0.15, -0.1) is 4.80 Å². The number of pyridine rings is 1. The first kappa shape index (κ1) is 26.0. The molecule has 1 saturated heterocycles. The minimum atomic E-state index is -3.10. The normalized spacial score (nSPS) is 17.5. The molecule has 0 saturated carbocycles. The van der Waals surface area contributed by atoms with Gasteiger partial charge >= 0.3 is 5.97 Å². The van der Waals surface area contributed by atoms with E-state index in [-0.39, 0.29) is 24.7 Å². The van der Waals surface area contributed by atoms with Crippen molar-refractivity contribution >= 4 is 34.3 Å². The predicted octanol–water partition coefficient (Wildman–Crippen LogP) is 3.63. The molecule has 0 aliphatic carbocycles. The number of carboxylic acids is 1. The zero-order chi connectivity index (χ0) is 26.6. The molecule has 10 nitrogen and oxygen atoms in total. The average Bonchev–Trinajstić information content (AvgIpc) is 3.57. The molecule has 0 spiro atoms. The fourth-order valence-corrected chi connectivity index (χ4v) is 4.08. The Morgan fingerprint density at radius 1 is 1.19 bits per heavy atom. The molecule has 37 heavy (non-hydrogen) atoms. The lowest BCUT2D eigenvalue weighted by molar-refractivity contribution is -0.142. The van der Waals surface area contributed by atoms with E-state index in [1.807, 2.05) is 18.2 Å². The number of likely N-dealkylation sites (tertiary alicyclic amines) is 1. The maximum Gasteiger partial charge on any atom is 0.337 e. The van der Waals surface area contributed by atoms with E-state index in [0.29, 0.717) is 11.2 Å². The Morgan fingerprint density at radius 2 is 1.89 bits per heavy atom. The van der Waals surface area contributed by atoms with Crippen LogP contribution in [0.3, 0.4) is 0 Å². The van der Waals surface area contributed by atoms with Gasteiger partial charge in [0.2, 0.25) is 5.88 Å². The topological polar surface area (TPSA) is 123 Å². The summed E-state index contributed by atoms with van der Waals surface area (Å²) in [7, 11) is 0. The largest absolute Gasteiger partial charge is 0.479 e. The number of hydrogen-bond acceptors (Lipinski definition) is 8. The molecule has 4 heterocycles. The molecule has 1 aliphatic heterocycles. The zero-order valence-electron chi connectivity index (χ0n) is 19.4. The second-order valence-corrected chi connectivity index (χ2v) is 8.66. The Labute approximate surface area is 212 Å². The van der Waals surface area contributed by atoms with E-state index in [0.717, 1.165) is 23.8 Å². The average molecular weight is 535 g/mol. The predicted molar refractivity (Wildman–Crippen MR) is 127 cm³/mol. The van der Waals surface area contributed by atoms with Gasteiger partial charge in [-0.25, -0.2) is 22.9 Å². The number of carboxylic acid groups (broad SMARTS) is 1. The van der Waals surface area contributed by atoms with Crippen LogP contribution in [-0.2, 0) is 4.79 Å². The van der Waals surface area contributed by atoms with Gasteiger partial charge in [-0.3, -0.25) is 4.79 Å². The maximum absolute atomic E-state index is 14.6. The van der Waals surface area contributed by atoms with Gasteiger partial charge in [-0.1, -0.05) is 18.2 Å². The van der Waals surface area contributed by atoms with Crippen molar-refractivity contribution in [2.45, 2.75) is 31.5 Å². The van der Waals surface area contributed by atoms with Crippen LogP contribution in [0.1, 0.15) is 23.8 Å². The van der Waals surface area contributed by atoms with E-state index in [9.17, 15) is 22.8 Å².